The zero-order chi connectivity index (χ0) is 18.0. The third-order valence-electron chi connectivity index (χ3n) is 3.89. The van der Waals surface area contributed by atoms with Gasteiger partial charge < -0.3 is 10.2 Å². The first kappa shape index (κ1) is 17.6. The zero-order valence-corrected chi connectivity index (χ0v) is 16.0. The number of fused-ring (bicyclic) bond motifs is 1. The number of hydrogen-bond donors (Lipinski definition) is 1. The molecule has 0 unspecified atom stereocenters. The van der Waals surface area contributed by atoms with E-state index in [1.807, 2.05) is 6.07 Å². The van der Waals surface area contributed by atoms with Gasteiger partial charge in [-0.25, -0.2) is 4.98 Å². The summed E-state index contributed by atoms with van der Waals surface area (Å²) in [6, 6.07) is 8.79. The van der Waals surface area contributed by atoms with E-state index in [9.17, 15) is 9.59 Å². The first-order valence-electron chi connectivity index (χ1n) is 8.09. The molecule has 2 heterocycles. The van der Waals surface area contributed by atoms with Crippen molar-refractivity contribution in [1.82, 2.24) is 4.98 Å². The molecule has 0 spiro atoms. The SMILES string of the molecule is CCN(CC)c1nc2sc(C(=O)Nc3ccc(C(C)=O)cc3)cc2s1. The third-order valence-corrected chi connectivity index (χ3v) is 6.11. The van der Waals surface area contributed by atoms with Crippen LogP contribution in [-0.4, -0.2) is 29.8 Å². The lowest BCUT2D eigenvalue weighted by Crippen LogP contribution is -2.21. The number of benzene rings is 1. The Bertz CT molecular complexity index is 877. The van der Waals surface area contributed by atoms with Gasteiger partial charge in [-0.2, -0.15) is 0 Å². The van der Waals surface area contributed by atoms with Crippen molar-refractivity contribution in [2.24, 2.45) is 0 Å². The molecule has 7 heteroatoms. The Morgan fingerprint density at radius 2 is 1.80 bits per heavy atom. The first-order chi connectivity index (χ1) is 12.0. The molecule has 25 heavy (non-hydrogen) atoms. The fourth-order valence-electron chi connectivity index (χ4n) is 2.45. The van der Waals surface area contributed by atoms with E-state index >= 15 is 0 Å². The van der Waals surface area contributed by atoms with Gasteiger partial charge in [-0.15, -0.1) is 11.3 Å². The molecule has 0 atom stereocenters. The van der Waals surface area contributed by atoms with E-state index in [-0.39, 0.29) is 11.7 Å². The van der Waals surface area contributed by atoms with Crippen molar-refractivity contribution in [2.75, 3.05) is 23.3 Å². The van der Waals surface area contributed by atoms with Crippen LogP contribution in [0.4, 0.5) is 10.8 Å². The van der Waals surface area contributed by atoms with Crippen LogP contribution in [0.3, 0.4) is 0 Å². The van der Waals surface area contributed by atoms with E-state index in [2.05, 4.69) is 29.0 Å². The summed E-state index contributed by atoms with van der Waals surface area (Å²) < 4.78 is 1.03. The summed E-state index contributed by atoms with van der Waals surface area (Å²) >= 11 is 3.01. The number of hydrogen-bond acceptors (Lipinski definition) is 6. The van der Waals surface area contributed by atoms with Gasteiger partial charge in [-0.05, 0) is 51.1 Å². The Kier molecular flexibility index (Phi) is 5.15. The predicted octanol–water partition coefficient (Wildman–Crippen LogP) is 4.66. The molecule has 1 amide bonds. The molecule has 0 saturated carbocycles. The molecule has 0 radical (unpaired) electrons. The lowest BCUT2D eigenvalue weighted by atomic mass is 10.1. The predicted molar refractivity (Wildman–Crippen MR) is 105 cm³/mol. The summed E-state index contributed by atoms with van der Waals surface area (Å²) in [4.78, 5) is 32.1. The number of aromatic nitrogens is 1. The quantitative estimate of drug-likeness (QED) is 0.639. The Hall–Kier alpha value is -2.25. The number of thiazole rings is 1. The molecule has 0 aliphatic heterocycles. The average molecular weight is 374 g/mol. The summed E-state index contributed by atoms with van der Waals surface area (Å²) in [5.74, 6) is -0.151. The second-order valence-electron chi connectivity index (χ2n) is 5.54. The maximum atomic E-state index is 12.4. The smallest absolute Gasteiger partial charge is 0.265 e. The zero-order valence-electron chi connectivity index (χ0n) is 14.3. The molecule has 1 N–H and O–H groups in total. The minimum Gasteiger partial charge on any atom is -0.349 e. The number of nitrogens with one attached hydrogen (secondary N) is 1. The summed E-state index contributed by atoms with van der Waals surface area (Å²) in [6.07, 6.45) is 0. The van der Waals surface area contributed by atoms with E-state index in [1.165, 1.54) is 18.3 Å². The third kappa shape index (κ3) is 3.72. The molecule has 1 aromatic carbocycles. The second kappa shape index (κ2) is 7.33. The molecule has 0 saturated heterocycles. The highest BCUT2D eigenvalue weighted by atomic mass is 32.1. The number of amides is 1. The molecule has 2 aromatic heterocycles. The number of carbonyl (C=O) groups is 2. The van der Waals surface area contributed by atoms with Gasteiger partial charge in [0.1, 0.15) is 4.83 Å². The maximum Gasteiger partial charge on any atom is 0.265 e. The summed E-state index contributed by atoms with van der Waals surface area (Å²) in [5.41, 5.74) is 1.30. The standard InChI is InChI=1S/C18H19N3O2S2/c1-4-21(5-2)18-20-17-15(25-18)10-14(24-17)16(23)19-13-8-6-12(7-9-13)11(3)22/h6-10H,4-5H2,1-3H3,(H,19,23). The van der Waals surface area contributed by atoms with Crippen LogP contribution in [0, 0.1) is 0 Å². The van der Waals surface area contributed by atoms with Crippen molar-refractivity contribution in [3.05, 3.63) is 40.8 Å². The number of rotatable bonds is 6. The van der Waals surface area contributed by atoms with Crippen LogP contribution in [0.1, 0.15) is 40.8 Å². The molecule has 0 aliphatic rings. The number of Topliss-reactive ketones (excluding diaryl/α,β-unsaturated/α-hetero) is 1. The van der Waals surface area contributed by atoms with Gasteiger partial charge in [0.05, 0.1) is 9.58 Å². The number of nitrogens with zero attached hydrogens (tertiary/aromatic N) is 2. The maximum absolute atomic E-state index is 12.4. The Labute approximate surface area is 154 Å². The largest absolute Gasteiger partial charge is 0.349 e. The molecular weight excluding hydrogens is 354 g/mol. The van der Waals surface area contributed by atoms with Gasteiger partial charge in [0.15, 0.2) is 10.9 Å². The molecule has 0 fully saturated rings. The number of ketones is 1. The van der Waals surface area contributed by atoms with Crippen molar-refractivity contribution in [3.63, 3.8) is 0 Å². The van der Waals surface area contributed by atoms with E-state index in [0.717, 1.165) is 27.8 Å². The molecule has 0 aliphatic carbocycles. The topological polar surface area (TPSA) is 62.3 Å². The van der Waals surface area contributed by atoms with Gasteiger partial charge in [0, 0.05) is 24.3 Å². The Morgan fingerprint density at radius 1 is 1.12 bits per heavy atom. The van der Waals surface area contributed by atoms with Crippen molar-refractivity contribution in [2.45, 2.75) is 20.8 Å². The van der Waals surface area contributed by atoms with E-state index < -0.39 is 0 Å². The molecular formula is C18H19N3O2S2. The second-order valence-corrected chi connectivity index (χ2v) is 7.58. The van der Waals surface area contributed by atoms with Crippen LogP contribution in [0.25, 0.3) is 9.53 Å². The van der Waals surface area contributed by atoms with E-state index in [4.69, 9.17) is 0 Å². The van der Waals surface area contributed by atoms with Gasteiger partial charge in [-0.1, -0.05) is 11.3 Å². The number of anilines is 2. The van der Waals surface area contributed by atoms with Crippen LogP contribution < -0.4 is 10.2 Å². The highest BCUT2D eigenvalue weighted by Crippen LogP contribution is 2.34. The average Bonchev–Trinajstić information content (AvgIpc) is 3.15. The van der Waals surface area contributed by atoms with Gasteiger partial charge in [-0.3, -0.25) is 9.59 Å². The highest BCUT2D eigenvalue weighted by molar-refractivity contribution is 7.29. The fraction of sp³-hybridized carbons (Fsp3) is 0.278. The first-order valence-corrected chi connectivity index (χ1v) is 9.72. The Morgan fingerprint density at radius 3 is 2.36 bits per heavy atom. The van der Waals surface area contributed by atoms with Gasteiger partial charge in [0.2, 0.25) is 0 Å². The molecule has 0 bridgehead atoms. The molecule has 3 aromatic rings. The van der Waals surface area contributed by atoms with Gasteiger partial charge in [0.25, 0.3) is 5.91 Å². The van der Waals surface area contributed by atoms with Crippen LogP contribution >= 0.6 is 22.7 Å². The Balaban J connectivity index is 1.75. The minimum atomic E-state index is -0.157. The van der Waals surface area contributed by atoms with E-state index in [0.29, 0.717) is 16.1 Å². The lowest BCUT2D eigenvalue weighted by molar-refractivity contribution is 0.101. The van der Waals surface area contributed by atoms with Crippen LogP contribution in [-0.2, 0) is 0 Å². The highest BCUT2D eigenvalue weighted by Gasteiger charge is 2.16. The van der Waals surface area contributed by atoms with Gasteiger partial charge >= 0.3 is 0 Å². The van der Waals surface area contributed by atoms with Crippen LogP contribution in [0.2, 0.25) is 0 Å². The minimum absolute atomic E-state index is 0.00597. The molecule has 130 valence electrons. The summed E-state index contributed by atoms with van der Waals surface area (Å²) in [6.45, 7) is 7.57. The monoisotopic (exact) mass is 373 g/mol. The van der Waals surface area contributed by atoms with Crippen molar-refractivity contribution < 1.29 is 9.59 Å². The molecule has 3 rings (SSSR count). The lowest BCUT2D eigenvalue weighted by Gasteiger charge is -2.16. The van der Waals surface area contributed by atoms with Crippen LogP contribution in [0.15, 0.2) is 30.3 Å². The number of carbonyl (C=O) groups excluding carboxylic acids is 2. The normalized spacial score (nSPS) is 10.8. The van der Waals surface area contributed by atoms with Crippen LogP contribution in [0.5, 0.6) is 0 Å². The fourth-order valence-corrected chi connectivity index (χ4v) is 4.68. The van der Waals surface area contributed by atoms with Crippen molar-refractivity contribution in [3.8, 4) is 0 Å². The van der Waals surface area contributed by atoms with Crippen molar-refractivity contribution >= 4 is 54.7 Å². The summed E-state index contributed by atoms with van der Waals surface area (Å²) in [7, 11) is 0. The van der Waals surface area contributed by atoms with Crippen molar-refractivity contribution in [1.29, 1.82) is 0 Å². The summed E-state index contributed by atoms with van der Waals surface area (Å²) in [5, 5.41) is 3.86. The number of thiophene rings is 1. The van der Waals surface area contributed by atoms with E-state index in [1.54, 1.807) is 35.6 Å². The molecule has 5 nitrogen and oxygen atoms in total.